The SMILES string of the molecule is COc1ccc(-c2oc3cc(OC4OC(C(=O)O)C(O)C(O)C4O)cc(O)c3c(=O)c2O)cc1OC. The van der Waals surface area contributed by atoms with E-state index in [1.54, 1.807) is 0 Å². The molecular formula is C23H22O13. The smallest absolute Gasteiger partial charge is 0.335 e. The first-order valence-corrected chi connectivity index (χ1v) is 10.4. The number of fused-ring (bicyclic) bond motifs is 1. The molecule has 0 amide bonds. The number of benzene rings is 2. The van der Waals surface area contributed by atoms with Crippen molar-refractivity contribution < 1.29 is 58.8 Å². The Labute approximate surface area is 201 Å². The van der Waals surface area contributed by atoms with Crippen LogP contribution in [0.15, 0.2) is 39.5 Å². The van der Waals surface area contributed by atoms with E-state index in [-0.39, 0.29) is 33.8 Å². The van der Waals surface area contributed by atoms with Crippen molar-refractivity contribution in [2.75, 3.05) is 14.2 Å². The molecule has 4 rings (SSSR count). The molecule has 0 aliphatic carbocycles. The van der Waals surface area contributed by atoms with Crippen LogP contribution >= 0.6 is 0 Å². The number of aliphatic hydroxyl groups is 3. The van der Waals surface area contributed by atoms with E-state index in [2.05, 4.69) is 0 Å². The number of carboxylic acid groups (broad SMARTS) is 1. The summed E-state index contributed by atoms with van der Waals surface area (Å²) in [6, 6.07) is 6.54. The number of carbonyl (C=O) groups is 1. The normalized spacial score (nSPS) is 23.9. The second-order valence-corrected chi connectivity index (χ2v) is 7.85. The third-order valence-corrected chi connectivity index (χ3v) is 5.64. The first kappa shape index (κ1) is 25.1. The largest absolute Gasteiger partial charge is 0.507 e. The van der Waals surface area contributed by atoms with Crippen molar-refractivity contribution in [3.8, 4) is 40.1 Å². The zero-order valence-electron chi connectivity index (χ0n) is 18.8. The second kappa shape index (κ2) is 9.54. The van der Waals surface area contributed by atoms with Crippen LogP contribution in [0.2, 0.25) is 0 Å². The first-order chi connectivity index (χ1) is 17.1. The van der Waals surface area contributed by atoms with Crippen molar-refractivity contribution in [3.05, 3.63) is 40.6 Å². The highest BCUT2D eigenvalue weighted by Gasteiger charge is 2.48. The van der Waals surface area contributed by atoms with Crippen LogP contribution in [0.3, 0.4) is 0 Å². The van der Waals surface area contributed by atoms with E-state index in [0.29, 0.717) is 5.75 Å². The molecular weight excluding hydrogens is 484 g/mol. The standard InChI is InChI=1S/C23H22O13/c1-32-11-4-3-8(5-12(11)33-2)20-17(27)15(25)14-10(24)6-9(7-13(14)35-20)34-23-19(29)16(26)18(28)21(36-23)22(30)31/h3-7,16,18-19,21,23-24,26-29H,1-2H3,(H,30,31). The average Bonchev–Trinajstić information content (AvgIpc) is 2.85. The van der Waals surface area contributed by atoms with Gasteiger partial charge in [-0.1, -0.05) is 0 Å². The summed E-state index contributed by atoms with van der Waals surface area (Å²) in [4.78, 5) is 24.1. The molecule has 1 saturated heterocycles. The summed E-state index contributed by atoms with van der Waals surface area (Å²) in [6.07, 6.45) is -9.37. The molecule has 1 fully saturated rings. The van der Waals surface area contributed by atoms with E-state index in [0.717, 1.165) is 12.1 Å². The van der Waals surface area contributed by atoms with Gasteiger partial charge >= 0.3 is 5.97 Å². The minimum atomic E-state index is -1.92. The van der Waals surface area contributed by atoms with Gasteiger partial charge in [0.05, 0.1) is 14.2 Å². The van der Waals surface area contributed by atoms with Crippen molar-refractivity contribution in [3.63, 3.8) is 0 Å². The van der Waals surface area contributed by atoms with Gasteiger partial charge < -0.3 is 54.0 Å². The minimum absolute atomic E-state index is 0.238. The fraction of sp³-hybridized carbons (Fsp3) is 0.304. The predicted molar refractivity (Wildman–Crippen MR) is 119 cm³/mol. The third-order valence-electron chi connectivity index (χ3n) is 5.64. The molecule has 2 heterocycles. The topological polar surface area (TPSA) is 206 Å². The van der Waals surface area contributed by atoms with E-state index < -0.39 is 53.6 Å². The van der Waals surface area contributed by atoms with Crippen LogP contribution in [0.5, 0.6) is 28.7 Å². The zero-order chi connectivity index (χ0) is 26.3. The minimum Gasteiger partial charge on any atom is -0.507 e. The maximum atomic E-state index is 12.8. The van der Waals surface area contributed by atoms with Crippen molar-refractivity contribution in [2.45, 2.75) is 30.7 Å². The molecule has 1 aromatic heterocycles. The molecule has 3 aromatic rings. The van der Waals surface area contributed by atoms with Crippen molar-refractivity contribution in [1.29, 1.82) is 0 Å². The molecule has 5 unspecified atom stereocenters. The summed E-state index contributed by atoms with van der Waals surface area (Å²) in [5.74, 6) is -2.89. The number of phenols is 1. The van der Waals surface area contributed by atoms with Crippen LogP contribution in [0, 0.1) is 0 Å². The molecule has 5 atom stereocenters. The van der Waals surface area contributed by atoms with Gasteiger partial charge in [-0.15, -0.1) is 0 Å². The lowest BCUT2D eigenvalue weighted by Crippen LogP contribution is -2.61. The summed E-state index contributed by atoms with van der Waals surface area (Å²) in [6.45, 7) is 0. The third kappa shape index (κ3) is 4.24. The molecule has 13 nitrogen and oxygen atoms in total. The van der Waals surface area contributed by atoms with Gasteiger partial charge in [0.2, 0.25) is 17.5 Å². The Bertz CT molecular complexity index is 1360. The summed E-state index contributed by atoms with van der Waals surface area (Å²) in [5, 5.41) is 59.7. The number of aliphatic hydroxyl groups excluding tert-OH is 3. The summed E-state index contributed by atoms with van der Waals surface area (Å²) in [7, 11) is 2.83. The molecule has 1 aliphatic rings. The fourth-order valence-corrected chi connectivity index (χ4v) is 3.79. The molecule has 0 bridgehead atoms. The highest BCUT2D eigenvalue weighted by Crippen LogP contribution is 2.39. The number of rotatable bonds is 6. The summed E-state index contributed by atoms with van der Waals surface area (Å²) in [5.41, 5.74) is -0.954. The Morgan fingerprint density at radius 1 is 0.944 bits per heavy atom. The average molecular weight is 506 g/mol. The van der Waals surface area contributed by atoms with Crippen LogP contribution in [0.4, 0.5) is 0 Å². The number of methoxy groups -OCH3 is 2. The lowest BCUT2D eigenvalue weighted by molar-refractivity contribution is -0.271. The maximum Gasteiger partial charge on any atom is 0.335 e. The molecule has 36 heavy (non-hydrogen) atoms. The maximum absolute atomic E-state index is 12.8. The van der Waals surface area contributed by atoms with Gasteiger partial charge in [0, 0.05) is 17.7 Å². The van der Waals surface area contributed by atoms with E-state index in [9.17, 15) is 40.2 Å². The lowest BCUT2D eigenvalue weighted by Gasteiger charge is -2.38. The molecule has 0 spiro atoms. The number of hydrogen-bond donors (Lipinski definition) is 6. The molecule has 192 valence electrons. The van der Waals surface area contributed by atoms with Gasteiger partial charge in [-0.2, -0.15) is 0 Å². The molecule has 6 N–H and O–H groups in total. The first-order valence-electron chi connectivity index (χ1n) is 10.4. The number of aromatic hydroxyl groups is 2. The van der Waals surface area contributed by atoms with Crippen molar-refractivity contribution in [1.82, 2.24) is 0 Å². The quantitative estimate of drug-likeness (QED) is 0.264. The summed E-state index contributed by atoms with van der Waals surface area (Å²) < 4.78 is 26.6. The van der Waals surface area contributed by atoms with Gasteiger partial charge in [0.1, 0.15) is 40.8 Å². The number of aliphatic carboxylic acids is 1. The highest BCUT2D eigenvalue weighted by molar-refractivity contribution is 5.88. The van der Waals surface area contributed by atoms with Crippen molar-refractivity contribution in [2.24, 2.45) is 0 Å². The second-order valence-electron chi connectivity index (χ2n) is 7.85. The lowest BCUT2D eigenvalue weighted by atomic mass is 9.99. The number of carboxylic acids is 1. The summed E-state index contributed by atoms with van der Waals surface area (Å²) >= 11 is 0. The van der Waals surface area contributed by atoms with E-state index >= 15 is 0 Å². The Morgan fingerprint density at radius 2 is 1.64 bits per heavy atom. The number of phenolic OH excluding ortho intramolecular Hbond substituents is 1. The molecule has 1 aliphatic heterocycles. The van der Waals surface area contributed by atoms with E-state index in [1.807, 2.05) is 0 Å². The van der Waals surface area contributed by atoms with Gasteiger partial charge in [-0.3, -0.25) is 4.79 Å². The molecule has 0 saturated carbocycles. The monoisotopic (exact) mass is 506 g/mol. The van der Waals surface area contributed by atoms with Crippen LogP contribution in [0.25, 0.3) is 22.3 Å². The molecule has 0 radical (unpaired) electrons. The highest BCUT2D eigenvalue weighted by atomic mass is 16.7. The van der Waals surface area contributed by atoms with Gasteiger partial charge in [-0.25, -0.2) is 4.79 Å². The van der Waals surface area contributed by atoms with Gasteiger partial charge in [0.15, 0.2) is 23.4 Å². The van der Waals surface area contributed by atoms with Crippen LogP contribution < -0.4 is 19.6 Å². The van der Waals surface area contributed by atoms with E-state index in [1.165, 1.54) is 32.4 Å². The molecule has 13 heteroatoms. The Morgan fingerprint density at radius 3 is 2.28 bits per heavy atom. The van der Waals surface area contributed by atoms with Gasteiger partial charge in [0.25, 0.3) is 0 Å². The van der Waals surface area contributed by atoms with Crippen molar-refractivity contribution >= 4 is 16.9 Å². The fourth-order valence-electron chi connectivity index (χ4n) is 3.79. The Kier molecular flexibility index (Phi) is 6.65. The van der Waals surface area contributed by atoms with Crippen LogP contribution in [-0.2, 0) is 9.53 Å². The number of hydrogen-bond acceptors (Lipinski definition) is 12. The number of ether oxygens (including phenoxy) is 4. The van der Waals surface area contributed by atoms with Crippen LogP contribution in [0.1, 0.15) is 0 Å². The predicted octanol–water partition coefficient (Wildman–Crippen LogP) is 0.159. The Hall–Kier alpha value is -4.04. The zero-order valence-corrected chi connectivity index (χ0v) is 18.8. The Balaban J connectivity index is 1.77. The molecule has 2 aromatic carbocycles. The van der Waals surface area contributed by atoms with Gasteiger partial charge in [-0.05, 0) is 18.2 Å². The van der Waals surface area contributed by atoms with Crippen LogP contribution in [-0.4, -0.2) is 81.5 Å². The van der Waals surface area contributed by atoms with E-state index in [4.69, 9.17) is 23.4 Å².